The van der Waals surface area contributed by atoms with Gasteiger partial charge in [0.25, 0.3) is 0 Å². The Labute approximate surface area is 176 Å². The minimum atomic E-state index is 0.246. The molecule has 0 N–H and O–H groups in total. The van der Waals surface area contributed by atoms with Gasteiger partial charge in [-0.1, -0.05) is 60.7 Å². The number of benzene rings is 2. The largest absolute Gasteiger partial charge is 0.376 e. The molecule has 2 aliphatic rings. The summed E-state index contributed by atoms with van der Waals surface area (Å²) >= 11 is 0. The number of ether oxygens (including phenoxy) is 2. The molecule has 0 aromatic heterocycles. The topological polar surface area (TPSA) is 21.7 Å². The average Bonchev–Trinajstić information content (AvgIpc) is 3.05. The molecule has 1 aliphatic carbocycles. The Bertz CT molecular complexity index is 727. The molecule has 1 aliphatic heterocycles. The quantitative estimate of drug-likeness (QED) is 0.628. The van der Waals surface area contributed by atoms with Crippen LogP contribution in [0.1, 0.15) is 56.1 Å². The minimum Gasteiger partial charge on any atom is -0.376 e. The molecule has 156 valence electrons. The van der Waals surface area contributed by atoms with E-state index >= 15 is 0 Å². The summed E-state index contributed by atoms with van der Waals surface area (Å²) in [5.41, 5.74) is 2.73. The molecule has 1 saturated heterocycles. The first kappa shape index (κ1) is 20.6. The summed E-state index contributed by atoms with van der Waals surface area (Å²) in [6.45, 7) is 3.76. The normalized spacial score (nSPS) is 30.5. The maximum Gasteiger partial charge on any atom is 0.0772 e. The van der Waals surface area contributed by atoms with Crippen molar-refractivity contribution in [2.24, 2.45) is 0 Å². The fourth-order valence-electron chi connectivity index (χ4n) is 4.95. The zero-order valence-electron chi connectivity index (χ0n) is 17.9. The van der Waals surface area contributed by atoms with Gasteiger partial charge in [-0.3, -0.25) is 4.90 Å². The first-order chi connectivity index (χ1) is 14.2. The smallest absolute Gasteiger partial charge is 0.0772 e. The van der Waals surface area contributed by atoms with E-state index in [9.17, 15) is 0 Å². The third-order valence-corrected chi connectivity index (χ3v) is 6.98. The Balaban J connectivity index is 1.26. The summed E-state index contributed by atoms with van der Waals surface area (Å²) in [5.74, 6) is 0.701. The molecule has 4 rings (SSSR count). The van der Waals surface area contributed by atoms with Crippen molar-refractivity contribution in [3.63, 3.8) is 0 Å². The van der Waals surface area contributed by atoms with Gasteiger partial charge in [0.1, 0.15) is 0 Å². The Morgan fingerprint density at radius 3 is 2.21 bits per heavy atom. The van der Waals surface area contributed by atoms with E-state index in [2.05, 4.69) is 79.5 Å². The van der Waals surface area contributed by atoms with Gasteiger partial charge in [0, 0.05) is 6.04 Å². The van der Waals surface area contributed by atoms with Crippen LogP contribution in [0.2, 0.25) is 0 Å². The van der Waals surface area contributed by atoms with E-state index in [1.165, 1.54) is 36.8 Å². The molecule has 1 heterocycles. The van der Waals surface area contributed by atoms with Gasteiger partial charge in [-0.05, 0) is 63.1 Å². The molecule has 1 saturated carbocycles. The van der Waals surface area contributed by atoms with E-state index < -0.39 is 0 Å². The molecule has 2 fully saturated rings. The number of nitrogens with zero attached hydrogens (tertiary/aromatic N) is 1. The number of rotatable bonds is 7. The van der Waals surface area contributed by atoms with E-state index in [1.807, 2.05) is 0 Å². The molecule has 2 unspecified atom stereocenters. The molecular weight excluding hydrogens is 358 g/mol. The summed E-state index contributed by atoms with van der Waals surface area (Å²) in [6.07, 6.45) is 6.53. The number of likely N-dealkylation sites (N-methyl/N-ethyl adjacent to an activating group) is 1. The van der Waals surface area contributed by atoms with Crippen LogP contribution in [0.3, 0.4) is 0 Å². The Morgan fingerprint density at radius 2 is 1.52 bits per heavy atom. The lowest BCUT2D eigenvalue weighted by molar-refractivity contribution is -0.0449. The standard InChI is InChI=1S/C26H35NO2/c1-20-17-26(29-18-21-9-5-3-6-10-21)25(27(20)2)19-28-24-15-13-23(14-16-24)22-11-7-4-8-12-22/h3-12,20,23-26H,13-19H2,1-2H3/t20-,23-,24+,25?,26?/m1/s1. The van der Waals surface area contributed by atoms with Gasteiger partial charge in [-0.25, -0.2) is 0 Å². The molecule has 3 heteroatoms. The van der Waals surface area contributed by atoms with Crippen molar-refractivity contribution in [2.45, 2.75) is 75.8 Å². The molecule has 0 spiro atoms. The van der Waals surface area contributed by atoms with Crippen LogP contribution in [0.15, 0.2) is 60.7 Å². The predicted molar refractivity (Wildman–Crippen MR) is 118 cm³/mol. The Kier molecular flexibility index (Phi) is 7.02. The monoisotopic (exact) mass is 393 g/mol. The zero-order chi connectivity index (χ0) is 20.1. The Hall–Kier alpha value is -1.68. The summed E-state index contributed by atoms with van der Waals surface area (Å²) in [6, 6.07) is 22.3. The first-order valence-corrected chi connectivity index (χ1v) is 11.2. The van der Waals surface area contributed by atoms with Crippen molar-refractivity contribution in [1.29, 1.82) is 0 Å². The van der Waals surface area contributed by atoms with E-state index in [4.69, 9.17) is 9.47 Å². The zero-order valence-corrected chi connectivity index (χ0v) is 17.9. The Morgan fingerprint density at radius 1 is 0.862 bits per heavy atom. The van der Waals surface area contributed by atoms with E-state index in [0.717, 1.165) is 13.0 Å². The van der Waals surface area contributed by atoms with Gasteiger partial charge >= 0.3 is 0 Å². The molecule has 3 atom stereocenters. The van der Waals surface area contributed by atoms with Crippen molar-refractivity contribution in [2.75, 3.05) is 13.7 Å². The van der Waals surface area contributed by atoms with E-state index in [0.29, 0.717) is 30.7 Å². The van der Waals surface area contributed by atoms with E-state index in [1.54, 1.807) is 0 Å². The fourth-order valence-corrected chi connectivity index (χ4v) is 4.95. The third-order valence-electron chi connectivity index (χ3n) is 6.98. The lowest BCUT2D eigenvalue weighted by Gasteiger charge is -2.32. The summed E-state index contributed by atoms with van der Waals surface area (Å²) in [4.78, 5) is 2.45. The van der Waals surface area contributed by atoms with Crippen LogP contribution in [0.4, 0.5) is 0 Å². The third kappa shape index (κ3) is 5.28. The molecule has 0 amide bonds. The van der Waals surface area contributed by atoms with Crippen LogP contribution in [0.5, 0.6) is 0 Å². The molecule has 0 radical (unpaired) electrons. The van der Waals surface area contributed by atoms with Crippen molar-refractivity contribution < 1.29 is 9.47 Å². The maximum atomic E-state index is 6.43. The maximum absolute atomic E-state index is 6.43. The first-order valence-electron chi connectivity index (χ1n) is 11.2. The van der Waals surface area contributed by atoms with Gasteiger partial charge in [0.2, 0.25) is 0 Å². The van der Waals surface area contributed by atoms with Gasteiger partial charge < -0.3 is 9.47 Å². The fraction of sp³-hybridized carbons (Fsp3) is 0.538. The van der Waals surface area contributed by atoms with Gasteiger partial charge in [-0.15, -0.1) is 0 Å². The summed E-state index contributed by atoms with van der Waals surface area (Å²) in [7, 11) is 2.22. The van der Waals surface area contributed by atoms with Crippen LogP contribution in [0, 0.1) is 0 Å². The highest BCUT2D eigenvalue weighted by Gasteiger charge is 2.38. The highest BCUT2D eigenvalue weighted by atomic mass is 16.5. The van der Waals surface area contributed by atoms with Crippen molar-refractivity contribution >= 4 is 0 Å². The molecule has 3 nitrogen and oxygen atoms in total. The lowest BCUT2D eigenvalue weighted by Crippen LogP contribution is -2.40. The number of hydrogen-bond donors (Lipinski definition) is 0. The predicted octanol–water partition coefficient (Wildman–Crippen LogP) is 5.41. The van der Waals surface area contributed by atoms with E-state index in [-0.39, 0.29) is 6.10 Å². The second-order valence-corrected chi connectivity index (χ2v) is 8.87. The average molecular weight is 394 g/mol. The van der Waals surface area contributed by atoms with Gasteiger partial charge in [-0.2, -0.15) is 0 Å². The number of hydrogen-bond acceptors (Lipinski definition) is 3. The molecule has 2 aromatic carbocycles. The molecule has 2 aromatic rings. The van der Waals surface area contributed by atoms with Gasteiger partial charge in [0.05, 0.1) is 31.5 Å². The summed E-state index contributed by atoms with van der Waals surface area (Å²) < 4.78 is 12.8. The minimum absolute atomic E-state index is 0.246. The van der Waals surface area contributed by atoms with Crippen LogP contribution >= 0.6 is 0 Å². The highest BCUT2D eigenvalue weighted by molar-refractivity contribution is 5.20. The van der Waals surface area contributed by atoms with Crippen LogP contribution in [-0.4, -0.2) is 42.8 Å². The van der Waals surface area contributed by atoms with Crippen molar-refractivity contribution in [3.05, 3.63) is 71.8 Å². The van der Waals surface area contributed by atoms with Crippen LogP contribution < -0.4 is 0 Å². The molecular formula is C26H35NO2. The van der Waals surface area contributed by atoms with Crippen LogP contribution in [-0.2, 0) is 16.1 Å². The van der Waals surface area contributed by atoms with Crippen molar-refractivity contribution in [1.82, 2.24) is 4.90 Å². The highest BCUT2D eigenvalue weighted by Crippen LogP contribution is 2.34. The lowest BCUT2D eigenvalue weighted by atomic mass is 9.83. The molecule has 0 bridgehead atoms. The van der Waals surface area contributed by atoms with Gasteiger partial charge in [0.15, 0.2) is 0 Å². The summed E-state index contributed by atoms with van der Waals surface area (Å²) in [5, 5.41) is 0. The second kappa shape index (κ2) is 9.88. The van der Waals surface area contributed by atoms with Crippen molar-refractivity contribution in [3.8, 4) is 0 Å². The number of likely N-dealkylation sites (tertiary alicyclic amines) is 1. The van der Waals surface area contributed by atoms with Crippen LogP contribution in [0.25, 0.3) is 0 Å². The SMILES string of the molecule is C[C@@H]1CC(OCc2ccccc2)C(CO[C@H]2CC[C@@H](c3ccccc3)CC2)N1C. The molecule has 29 heavy (non-hydrogen) atoms. The second-order valence-electron chi connectivity index (χ2n) is 8.87.